The van der Waals surface area contributed by atoms with Crippen LogP contribution >= 0.6 is 15.9 Å². The number of hydrogen-bond acceptors (Lipinski definition) is 5. The molecule has 2 saturated heterocycles. The van der Waals surface area contributed by atoms with Crippen LogP contribution in [0.15, 0.2) is 0 Å². The second-order valence-electron chi connectivity index (χ2n) is 4.50. The van der Waals surface area contributed by atoms with E-state index in [2.05, 4.69) is 15.9 Å². The second-order valence-corrected chi connectivity index (χ2v) is 5.56. The molecule has 5 nitrogen and oxygen atoms in total. The maximum Gasteiger partial charge on any atom is 0.170 e. The van der Waals surface area contributed by atoms with Gasteiger partial charge in [0.05, 0.1) is 11.4 Å². The van der Waals surface area contributed by atoms with Crippen molar-refractivity contribution in [3.05, 3.63) is 0 Å². The van der Waals surface area contributed by atoms with Gasteiger partial charge in [-0.15, -0.1) is 0 Å². The molecule has 2 rings (SSSR count). The average Bonchev–Trinajstić information content (AvgIpc) is 2.69. The lowest BCUT2D eigenvalue weighted by Crippen LogP contribution is -2.40. The summed E-state index contributed by atoms with van der Waals surface area (Å²) in [5, 5.41) is 9.61. The zero-order valence-electron chi connectivity index (χ0n) is 9.55. The molecule has 0 bridgehead atoms. The van der Waals surface area contributed by atoms with Crippen molar-refractivity contribution in [2.75, 3.05) is 13.7 Å². The predicted molar refractivity (Wildman–Crippen MR) is 59.3 cm³/mol. The molecule has 0 aromatic carbocycles. The normalized spacial score (nSPS) is 47.4. The minimum Gasteiger partial charge on any atom is -0.377 e. The van der Waals surface area contributed by atoms with Crippen molar-refractivity contribution in [2.45, 2.75) is 49.1 Å². The molecule has 5 atom stereocenters. The Morgan fingerprint density at radius 3 is 2.62 bits per heavy atom. The molecule has 2 aliphatic rings. The zero-order valence-corrected chi connectivity index (χ0v) is 11.1. The van der Waals surface area contributed by atoms with Gasteiger partial charge in [0.25, 0.3) is 0 Å². The molecule has 16 heavy (non-hydrogen) atoms. The van der Waals surface area contributed by atoms with Gasteiger partial charge in [-0.1, -0.05) is 15.9 Å². The Hall–Kier alpha value is 0.280. The minimum atomic E-state index is -0.873. The van der Waals surface area contributed by atoms with Gasteiger partial charge in [0, 0.05) is 7.11 Å². The smallest absolute Gasteiger partial charge is 0.170 e. The van der Waals surface area contributed by atoms with Gasteiger partial charge >= 0.3 is 0 Å². The first kappa shape index (κ1) is 12.7. The predicted octanol–water partition coefficient (Wildman–Crippen LogP) is 0.634. The van der Waals surface area contributed by atoms with E-state index in [4.69, 9.17) is 18.9 Å². The average molecular weight is 297 g/mol. The van der Waals surface area contributed by atoms with Crippen LogP contribution < -0.4 is 0 Å². The van der Waals surface area contributed by atoms with Crippen molar-refractivity contribution in [1.29, 1.82) is 0 Å². The third kappa shape index (κ3) is 2.27. The van der Waals surface area contributed by atoms with Gasteiger partial charge in [-0.2, -0.15) is 0 Å². The van der Waals surface area contributed by atoms with Crippen molar-refractivity contribution in [3.63, 3.8) is 0 Å². The van der Waals surface area contributed by atoms with Crippen LogP contribution in [0.25, 0.3) is 0 Å². The quantitative estimate of drug-likeness (QED) is 0.758. The summed E-state index contributed by atoms with van der Waals surface area (Å²) in [4.78, 5) is -0.241. The number of aliphatic hydroxyl groups is 1. The molecule has 0 spiro atoms. The summed E-state index contributed by atoms with van der Waals surface area (Å²) in [6.45, 7) is 4.15. The third-order valence-corrected chi connectivity index (χ3v) is 3.85. The molecule has 0 aromatic rings. The molecular formula is C10H17BrO5. The lowest BCUT2D eigenvalue weighted by molar-refractivity contribution is -0.176. The van der Waals surface area contributed by atoms with Gasteiger partial charge in [0.1, 0.15) is 18.3 Å². The number of alkyl halides is 1. The minimum absolute atomic E-state index is 0.211. The maximum atomic E-state index is 9.61. The highest BCUT2D eigenvalue weighted by molar-refractivity contribution is 9.09. The summed E-state index contributed by atoms with van der Waals surface area (Å²) in [7, 11) is 1.59. The molecular weight excluding hydrogens is 280 g/mol. The lowest BCUT2D eigenvalue weighted by atomic mass is 10.1. The van der Waals surface area contributed by atoms with E-state index in [1.807, 2.05) is 13.8 Å². The Morgan fingerprint density at radius 2 is 2.12 bits per heavy atom. The Balaban J connectivity index is 2.05. The largest absolute Gasteiger partial charge is 0.377 e. The van der Waals surface area contributed by atoms with Crippen molar-refractivity contribution in [3.8, 4) is 0 Å². The first-order chi connectivity index (χ1) is 7.44. The van der Waals surface area contributed by atoms with Crippen molar-refractivity contribution in [1.82, 2.24) is 0 Å². The highest BCUT2D eigenvalue weighted by Crippen LogP contribution is 2.35. The molecule has 2 heterocycles. The van der Waals surface area contributed by atoms with Gasteiger partial charge in [-0.3, -0.25) is 0 Å². The van der Waals surface area contributed by atoms with Crippen LogP contribution in [0.5, 0.6) is 0 Å². The fourth-order valence-corrected chi connectivity index (χ4v) is 2.74. The molecule has 1 N–H and O–H groups in total. The number of ether oxygens (including phenoxy) is 4. The fourth-order valence-electron chi connectivity index (χ4n) is 2.10. The number of rotatable bonds is 2. The van der Waals surface area contributed by atoms with Gasteiger partial charge < -0.3 is 24.1 Å². The third-order valence-electron chi connectivity index (χ3n) is 2.88. The van der Waals surface area contributed by atoms with E-state index < -0.39 is 12.1 Å². The Kier molecular flexibility index (Phi) is 3.59. The van der Waals surface area contributed by atoms with Crippen LogP contribution in [0.2, 0.25) is 0 Å². The Morgan fingerprint density at radius 1 is 1.44 bits per heavy atom. The van der Waals surface area contributed by atoms with Crippen LogP contribution in [0.3, 0.4) is 0 Å². The number of methoxy groups -OCH3 is 1. The first-order valence-electron chi connectivity index (χ1n) is 5.27. The highest BCUT2D eigenvalue weighted by Gasteiger charge is 2.50. The molecule has 0 amide bonds. The SMILES string of the molecule is CO[C@@H]1C(Br)[C@@H](O)O[C@@H]1[C@H]1COC(C)(C)O1. The van der Waals surface area contributed by atoms with Crippen molar-refractivity contribution >= 4 is 15.9 Å². The summed E-state index contributed by atoms with van der Waals surface area (Å²) in [6, 6.07) is 0. The van der Waals surface area contributed by atoms with E-state index in [1.165, 1.54) is 0 Å². The maximum absolute atomic E-state index is 9.61. The number of halogens is 1. The summed E-state index contributed by atoms with van der Waals surface area (Å²) in [5.74, 6) is -0.596. The highest BCUT2D eigenvalue weighted by atomic mass is 79.9. The molecule has 0 saturated carbocycles. The van der Waals surface area contributed by atoms with Gasteiger partial charge in [0.2, 0.25) is 0 Å². The summed E-state index contributed by atoms with van der Waals surface area (Å²) >= 11 is 3.35. The molecule has 0 radical (unpaired) electrons. The molecule has 94 valence electrons. The van der Waals surface area contributed by atoms with Gasteiger partial charge in [-0.05, 0) is 13.8 Å². The summed E-state index contributed by atoms with van der Waals surface area (Å²) < 4.78 is 21.9. The van der Waals surface area contributed by atoms with E-state index in [0.29, 0.717) is 6.61 Å². The zero-order chi connectivity index (χ0) is 11.9. The fraction of sp³-hybridized carbons (Fsp3) is 1.00. The van der Waals surface area contributed by atoms with Crippen LogP contribution in [0.4, 0.5) is 0 Å². The van der Waals surface area contributed by atoms with Gasteiger partial charge in [-0.25, -0.2) is 0 Å². The lowest BCUT2D eigenvalue weighted by Gasteiger charge is -2.24. The topological polar surface area (TPSA) is 57.2 Å². The van der Waals surface area contributed by atoms with E-state index >= 15 is 0 Å². The van der Waals surface area contributed by atoms with Crippen LogP contribution in [0, 0.1) is 0 Å². The second kappa shape index (κ2) is 4.51. The van der Waals surface area contributed by atoms with E-state index in [1.54, 1.807) is 7.11 Å². The van der Waals surface area contributed by atoms with E-state index in [9.17, 15) is 5.11 Å². The molecule has 6 heteroatoms. The molecule has 0 aromatic heterocycles. The Labute approximate surface area is 103 Å². The van der Waals surface area contributed by atoms with E-state index in [-0.39, 0.29) is 23.1 Å². The molecule has 0 aliphatic carbocycles. The van der Waals surface area contributed by atoms with E-state index in [0.717, 1.165) is 0 Å². The monoisotopic (exact) mass is 296 g/mol. The molecule has 2 fully saturated rings. The van der Waals surface area contributed by atoms with Crippen molar-refractivity contribution in [2.24, 2.45) is 0 Å². The number of hydrogen-bond donors (Lipinski definition) is 1. The summed E-state index contributed by atoms with van der Waals surface area (Å²) in [6.07, 6.45) is -1.64. The summed E-state index contributed by atoms with van der Waals surface area (Å²) in [5.41, 5.74) is 0. The van der Waals surface area contributed by atoms with Gasteiger partial charge in [0.15, 0.2) is 12.1 Å². The van der Waals surface area contributed by atoms with Crippen molar-refractivity contribution < 1.29 is 24.1 Å². The molecule has 2 aliphatic heterocycles. The standard InChI is InChI=1S/C10H17BrO5/c1-10(2)14-4-5(16-10)7-8(13-3)6(11)9(12)15-7/h5-9,12H,4H2,1-3H3/t5-,6?,7-,8-,9+/m1/s1. The Bertz CT molecular complexity index is 260. The van der Waals surface area contributed by atoms with Crippen LogP contribution in [-0.4, -0.2) is 54.0 Å². The van der Waals surface area contributed by atoms with Crippen LogP contribution in [-0.2, 0) is 18.9 Å². The number of aliphatic hydroxyl groups excluding tert-OH is 1. The first-order valence-corrected chi connectivity index (χ1v) is 6.18. The van der Waals surface area contributed by atoms with Crippen LogP contribution in [0.1, 0.15) is 13.8 Å². The molecule has 1 unspecified atom stereocenters.